The number of benzene rings is 1. The third-order valence-electron chi connectivity index (χ3n) is 6.08. The van der Waals surface area contributed by atoms with Gasteiger partial charge >= 0.3 is 0 Å². The van der Waals surface area contributed by atoms with Crippen molar-refractivity contribution in [1.29, 1.82) is 0 Å². The van der Waals surface area contributed by atoms with Crippen LogP contribution in [0, 0.1) is 24.4 Å². The summed E-state index contributed by atoms with van der Waals surface area (Å²) < 4.78 is 48.7. The maximum atomic E-state index is 13.9. The summed E-state index contributed by atoms with van der Waals surface area (Å²) in [5.74, 6) is -3.87. The molecule has 1 saturated heterocycles. The van der Waals surface area contributed by atoms with Crippen LogP contribution in [0.3, 0.4) is 0 Å². The van der Waals surface area contributed by atoms with Crippen LogP contribution in [0.2, 0.25) is 0 Å². The summed E-state index contributed by atoms with van der Waals surface area (Å²) >= 11 is 0. The van der Waals surface area contributed by atoms with Crippen molar-refractivity contribution in [2.45, 2.75) is 45.6 Å². The normalized spacial score (nSPS) is 16.1. The van der Waals surface area contributed by atoms with Gasteiger partial charge in [-0.3, -0.25) is 4.79 Å². The summed E-state index contributed by atoms with van der Waals surface area (Å²) in [5.41, 5.74) is 2.92. The zero-order valence-electron chi connectivity index (χ0n) is 19.9. The van der Waals surface area contributed by atoms with Crippen LogP contribution in [0.1, 0.15) is 55.6 Å². The monoisotopic (exact) mass is 484 g/mol. The van der Waals surface area contributed by atoms with Crippen LogP contribution in [0.4, 0.5) is 13.2 Å². The van der Waals surface area contributed by atoms with Crippen molar-refractivity contribution in [3.05, 3.63) is 76.8 Å². The number of halogens is 3. The SMILES string of the molecule is CCCC(c1cc(F)c(F)c(F)c1)N1CCCC(=Cc2ccc(-n3cnc(C)c3)c(OC)n2)C1=O. The number of amides is 1. The van der Waals surface area contributed by atoms with Gasteiger partial charge in [-0.05, 0) is 62.1 Å². The molecule has 0 saturated carbocycles. The Bertz CT molecular complexity index is 1250. The van der Waals surface area contributed by atoms with E-state index in [4.69, 9.17) is 4.74 Å². The minimum Gasteiger partial charge on any atom is -0.479 e. The predicted octanol–water partition coefficient (Wildman–Crippen LogP) is 5.55. The van der Waals surface area contributed by atoms with Gasteiger partial charge < -0.3 is 14.2 Å². The molecule has 2 aromatic heterocycles. The molecule has 1 unspecified atom stereocenters. The Morgan fingerprint density at radius 2 is 1.94 bits per heavy atom. The number of piperidine rings is 1. The molecule has 1 aliphatic rings. The number of aromatic nitrogens is 3. The van der Waals surface area contributed by atoms with Gasteiger partial charge in [0.2, 0.25) is 11.8 Å². The van der Waals surface area contributed by atoms with Gasteiger partial charge in [0.05, 0.1) is 30.9 Å². The first-order chi connectivity index (χ1) is 16.8. The van der Waals surface area contributed by atoms with E-state index in [1.54, 1.807) is 23.4 Å². The van der Waals surface area contributed by atoms with Gasteiger partial charge in [0.25, 0.3) is 0 Å². The van der Waals surface area contributed by atoms with E-state index >= 15 is 0 Å². The summed E-state index contributed by atoms with van der Waals surface area (Å²) in [6.07, 6.45) is 7.66. The zero-order chi connectivity index (χ0) is 25.1. The highest BCUT2D eigenvalue weighted by atomic mass is 19.2. The van der Waals surface area contributed by atoms with Crippen LogP contribution in [-0.4, -0.2) is 39.0 Å². The van der Waals surface area contributed by atoms with Gasteiger partial charge in [0.1, 0.15) is 5.69 Å². The number of ether oxygens (including phenoxy) is 1. The number of imidazole rings is 1. The highest BCUT2D eigenvalue weighted by molar-refractivity contribution is 5.98. The molecule has 0 aliphatic carbocycles. The molecular formula is C26H27F3N4O2. The number of nitrogens with zero attached hydrogens (tertiary/aromatic N) is 4. The third-order valence-corrected chi connectivity index (χ3v) is 6.08. The smallest absolute Gasteiger partial charge is 0.250 e. The van der Waals surface area contributed by atoms with E-state index in [9.17, 15) is 18.0 Å². The molecule has 4 rings (SSSR count). The van der Waals surface area contributed by atoms with Crippen LogP contribution >= 0.6 is 0 Å². The van der Waals surface area contributed by atoms with Crippen molar-refractivity contribution in [3.8, 4) is 11.6 Å². The molecule has 1 aromatic carbocycles. The summed E-state index contributed by atoms with van der Waals surface area (Å²) in [5, 5.41) is 0. The number of hydrogen-bond donors (Lipinski definition) is 0. The molecule has 3 heterocycles. The predicted molar refractivity (Wildman–Crippen MR) is 126 cm³/mol. The molecule has 1 atom stereocenters. The topological polar surface area (TPSA) is 60.3 Å². The van der Waals surface area contributed by atoms with Gasteiger partial charge in [-0.1, -0.05) is 13.3 Å². The molecular weight excluding hydrogens is 457 g/mol. The lowest BCUT2D eigenvalue weighted by molar-refractivity contribution is -0.131. The maximum absolute atomic E-state index is 13.9. The molecule has 0 spiro atoms. The lowest BCUT2D eigenvalue weighted by atomic mass is 9.94. The first-order valence-electron chi connectivity index (χ1n) is 11.5. The van der Waals surface area contributed by atoms with Gasteiger partial charge in [-0.25, -0.2) is 23.1 Å². The van der Waals surface area contributed by atoms with Crippen LogP contribution in [0.5, 0.6) is 5.88 Å². The first kappa shape index (κ1) is 24.5. The molecule has 0 radical (unpaired) electrons. The number of carbonyl (C=O) groups is 1. The van der Waals surface area contributed by atoms with Crippen molar-refractivity contribution >= 4 is 12.0 Å². The van der Waals surface area contributed by atoms with Gasteiger partial charge in [0, 0.05) is 18.3 Å². The van der Waals surface area contributed by atoms with E-state index in [1.165, 1.54) is 7.11 Å². The van der Waals surface area contributed by atoms with E-state index < -0.39 is 23.5 Å². The highest BCUT2D eigenvalue weighted by Gasteiger charge is 2.31. The molecule has 0 bridgehead atoms. The number of likely N-dealkylation sites (tertiary alicyclic amines) is 1. The van der Waals surface area contributed by atoms with E-state index in [0.29, 0.717) is 49.4 Å². The highest BCUT2D eigenvalue weighted by Crippen LogP contribution is 2.33. The Balaban J connectivity index is 1.64. The quantitative estimate of drug-likeness (QED) is 0.326. The molecule has 6 nitrogen and oxygen atoms in total. The molecule has 3 aromatic rings. The van der Waals surface area contributed by atoms with Gasteiger partial charge in [0.15, 0.2) is 17.5 Å². The molecule has 9 heteroatoms. The Labute approximate surface area is 202 Å². The molecule has 0 N–H and O–H groups in total. The number of aryl methyl sites for hydroxylation is 1. The molecule has 184 valence electrons. The van der Waals surface area contributed by atoms with Crippen molar-refractivity contribution in [1.82, 2.24) is 19.4 Å². The zero-order valence-corrected chi connectivity index (χ0v) is 19.9. The maximum Gasteiger partial charge on any atom is 0.250 e. The fourth-order valence-corrected chi connectivity index (χ4v) is 4.41. The van der Waals surface area contributed by atoms with E-state index in [2.05, 4.69) is 9.97 Å². The van der Waals surface area contributed by atoms with Crippen LogP contribution in [0.15, 0.2) is 42.4 Å². The molecule has 1 aliphatic heterocycles. The van der Waals surface area contributed by atoms with Crippen molar-refractivity contribution < 1.29 is 22.7 Å². The lowest BCUT2D eigenvalue weighted by Crippen LogP contribution is -2.40. The lowest BCUT2D eigenvalue weighted by Gasteiger charge is -2.36. The Morgan fingerprint density at radius 1 is 1.20 bits per heavy atom. The largest absolute Gasteiger partial charge is 0.479 e. The van der Waals surface area contributed by atoms with Gasteiger partial charge in [-0.2, -0.15) is 0 Å². The van der Waals surface area contributed by atoms with E-state index in [1.807, 2.05) is 30.7 Å². The van der Waals surface area contributed by atoms with Crippen LogP contribution < -0.4 is 4.74 Å². The Kier molecular flexibility index (Phi) is 7.23. The number of pyridine rings is 1. The average molecular weight is 485 g/mol. The summed E-state index contributed by atoms with van der Waals surface area (Å²) in [6, 6.07) is 5.03. The minimum absolute atomic E-state index is 0.227. The second kappa shape index (κ2) is 10.3. The second-order valence-corrected chi connectivity index (χ2v) is 8.56. The number of hydrogen-bond acceptors (Lipinski definition) is 4. The number of methoxy groups -OCH3 is 1. The fraction of sp³-hybridized carbons (Fsp3) is 0.346. The van der Waals surface area contributed by atoms with Crippen LogP contribution in [0.25, 0.3) is 11.8 Å². The first-order valence-corrected chi connectivity index (χ1v) is 11.5. The number of rotatable bonds is 7. The van der Waals surface area contributed by atoms with E-state index in [0.717, 1.165) is 23.5 Å². The standard InChI is InChI=1S/C26H27F3N4O2/c1-4-6-22(18-12-20(27)24(29)21(28)13-18)33-10-5-7-17(26(33)34)11-19-8-9-23(25(31-19)35-3)32-14-16(2)30-15-32/h8-9,11-15,22H,4-7,10H2,1-3H3. The van der Waals surface area contributed by atoms with E-state index in [-0.39, 0.29) is 11.5 Å². The minimum atomic E-state index is -1.51. The second-order valence-electron chi connectivity index (χ2n) is 8.56. The number of carbonyl (C=O) groups excluding carboxylic acids is 1. The summed E-state index contributed by atoms with van der Waals surface area (Å²) in [6.45, 7) is 4.25. The Hall–Kier alpha value is -3.62. The molecule has 35 heavy (non-hydrogen) atoms. The van der Waals surface area contributed by atoms with Crippen LogP contribution in [-0.2, 0) is 4.79 Å². The summed E-state index contributed by atoms with van der Waals surface area (Å²) in [4.78, 5) is 23.8. The summed E-state index contributed by atoms with van der Waals surface area (Å²) in [7, 11) is 1.52. The van der Waals surface area contributed by atoms with Crippen molar-refractivity contribution in [2.75, 3.05) is 13.7 Å². The fourth-order valence-electron chi connectivity index (χ4n) is 4.41. The molecule has 1 fully saturated rings. The molecule has 1 amide bonds. The van der Waals surface area contributed by atoms with Crippen molar-refractivity contribution in [3.63, 3.8) is 0 Å². The average Bonchev–Trinajstić information content (AvgIpc) is 3.28. The Morgan fingerprint density at radius 3 is 2.57 bits per heavy atom. The van der Waals surface area contributed by atoms with Crippen molar-refractivity contribution in [2.24, 2.45) is 0 Å². The third kappa shape index (κ3) is 5.08. The van der Waals surface area contributed by atoms with Gasteiger partial charge in [-0.15, -0.1) is 0 Å².